The van der Waals surface area contributed by atoms with Gasteiger partial charge < -0.3 is 15.7 Å². The van der Waals surface area contributed by atoms with Crippen molar-refractivity contribution < 1.29 is 9.90 Å². The first-order chi connectivity index (χ1) is 9.13. The highest BCUT2D eigenvalue weighted by molar-refractivity contribution is 5.80. The van der Waals surface area contributed by atoms with Crippen LogP contribution in [0.1, 0.15) is 31.2 Å². The summed E-state index contributed by atoms with van der Waals surface area (Å²) in [6.07, 6.45) is 3.72. The molecule has 1 aromatic carbocycles. The zero-order chi connectivity index (χ0) is 13.4. The Kier molecular flexibility index (Phi) is 3.19. The fourth-order valence-corrected chi connectivity index (χ4v) is 3.52. The summed E-state index contributed by atoms with van der Waals surface area (Å²) in [7, 11) is 0. The van der Waals surface area contributed by atoms with Crippen molar-refractivity contribution in [1.29, 1.82) is 0 Å². The van der Waals surface area contributed by atoms with Crippen LogP contribution in [0.2, 0.25) is 0 Å². The molecule has 2 atom stereocenters. The van der Waals surface area contributed by atoms with Crippen molar-refractivity contribution in [3.63, 3.8) is 0 Å². The molecule has 4 nitrogen and oxygen atoms in total. The van der Waals surface area contributed by atoms with Crippen LogP contribution >= 0.6 is 0 Å². The van der Waals surface area contributed by atoms with Crippen LogP contribution in [0.3, 0.4) is 0 Å². The number of nitrogens with zero attached hydrogens (tertiary/aromatic N) is 1. The molecule has 2 aliphatic rings. The Labute approximate surface area is 113 Å². The normalized spacial score (nSPS) is 29.5. The monoisotopic (exact) mass is 260 g/mol. The Hall–Kier alpha value is -1.55. The zero-order valence-electron chi connectivity index (χ0n) is 11.0. The predicted octanol–water partition coefficient (Wildman–Crippen LogP) is 1.33. The molecule has 19 heavy (non-hydrogen) atoms. The van der Waals surface area contributed by atoms with E-state index in [1.54, 1.807) is 0 Å². The Morgan fingerprint density at radius 2 is 2.00 bits per heavy atom. The SMILES string of the molecule is Nc1cccc(CC(=O)N2C3CCC2CC(O)C3)c1. The van der Waals surface area contributed by atoms with E-state index in [-0.39, 0.29) is 24.1 Å². The third-order valence-corrected chi connectivity index (χ3v) is 4.30. The molecule has 2 unspecified atom stereocenters. The molecule has 0 spiro atoms. The second-order valence-electron chi connectivity index (χ2n) is 5.73. The number of hydrogen-bond acceptors (Lipinski definition) is 3. The fourth-order valence-electron chi connectivity index (χ4n) is 3.52. The summed E-state index contributed by atoms with van der Waals surface area (Å²) in [6, 6.07) is 7.99. The lowest BCUT2D eigenvalue weighted by atomic mass is 9.98. The quantitative estimate of drug-likeness (QED) is 0.788. The number of aliphatic hydroxyl groups is 1. The van der Waals surface area contributed by atoms with Crippen molar-refractivity contribution in [3.05, 3.63) is 29.8 Å². The first kappa shape index (κ1) is 12.5. The number of rotatable bonds is 2. The molecule has 1 aromatic rings. The Bertz CT molecular complexity index is 475. The minimum atomic E-state index is -0.228. The second kappa shape index (κ2) is 4.85. The van der Waals surface area contributed by atoms with Crippen molar-refractivity contribution in [1.82, 2.24) is 4.90 Å². The van der Waals surface area contributed by atoms with Crippen LogP contribution in [0.25, 0.3) is 0 Å². The molecule has 3 N–H and O–H groups in total. The average molecular weight is 260 g/mol. The Morgan fingerprint density at radius 3 is 2.63 bits per heavy atom. The number of amides is 1. The number of benzene rings is 1. The highest BCUT2D eigenvalue weighted by Crippen LogP contribution is 2.36. The van der Waals surface area contributed by atoms with Crippen molar-refractivity contribution in [2.24, 2.45) is 0 Å². The average Bonchev–Trinajstić information content (AvgIpc) is 2.62. The fraction of sp³-hybridized carbons (Fsp3) is 0.533. The summed E-state index contributed by atoms with van der Waals surface area (Å²) < 4.78 is 0. The number of hydrogen-bond donors (Lipinski definition) is 2. The van der Waals surface area contributed by atoms with E-state index in [1.165, 1.54) is 0 Å². The number of nitrogen functional groups attached to an aromatic ring is 1. The third-order valence-electron chi connectivity index (χ3n) is 4.30. The Morgan fingerprint density at radius 1 is 1.32 bits per heavy atom. The maximum Gasteiger partial charge on any atom is 0.227 e. The van der Waals surface area contributed by atoms with Crippen LogP contribution in [0.15, 0.2) is 24.3 Å². The van der Waals surface area contributed by atoms with Crippen molar-refractivity contribution >= 4 is 11.6 Å². The van der Waals surface area contributed by atoms with Gasteiger partial charge in [-0.1, -0.05) is 12.1 Å². The van der Waals surface area contributed by atoms with Crippen LogP contribution in [0, 0.1) is 0 Å². The van der Waals surface area contributed by atoms with Gasteiger partial charge in [0.25, 0.3) is 0 Å². The van der Waals surface area contributed by atoms with Crippen molar-refractivity contribution in [3.8, 4) is 0 Å². The molecule has 3 rings (SSSR count). The minimum Gasteiger partial charge on any atom is -0.399 e. The van der Waals surface area contributed by atoms with E-state index in [0.29, 0.717) is 12.1 Å². The van der Waals surface area contributed by atoms with Gasteiger partial charge in [0.05, 0.1) is 12.5 Å². The van der Waals surface area contributed by atoms with Gasteiger partial charge in [-0.3, -0.25) is 4.79 Å². The molecule has 4 heteroatoms. The Balaban J connectivity index is 1.71. The summed E-state index contributed by atoms with van der Waals surface area (Å²) in [6.45, 7) is 0. The number of anilines is 1. The molecule has 0 radical (unpaired) electrons. The number of aliphatic hydroxyl groups excluding tert-OH is 1. The van der Waals surface area contributed by atoms with Gasteiger partial charge in [0, 0.05) is 17.8 Å². The molecule has 2 heterocycles. The molecular weight excluding hydrogens is 240 g/mol. The summed E-state index contributed by atoms with van der Waals surface area (Å²) in [5.41, 5.74) is 7.40. The molecule has 102 valence electrons. The first-order valence-electron chi connectivity index (χ1n) is 6.97. The van der Waals surface area contributed by atoms with Gasteiger partial charge in [0.2, 0.25) is 5.91 Å². The largest absolute Gasteiger partial charge is 0.399 e. The van der Waals surface area contributed by atoms with E-state index < -0.39 is 0 Å². The number of piperidine rings is 1. The van der Waals surface area contributed by atoms with E-state index in [9.17, 15) is 9.90 Å². The van der Waals surface area contributed by atoms with Crippen LogP contribution in [-0.4, -0.2) is 34.1 Å². The smallest absolute Gasteiger partial charge is 0.227 e. The second-order valence-corrected chi connectivity index (χ2v) is 5.73. The lowest BCUT2D eigenvalue weighted by Crippen LogP contribution is -2.48. The summed E-state index contributed by atoms with van der Waals surface area (Å²) in [4.78, 5) is 14.5. The number of nitrogens with two attached hydrogens (primary N) is 1. The minimum absolute atomic E-state index is 0.171. The van der Waals surface area contributed by atoms with Crippen molar-refractivity contribution in [2.75, 3.05) is 5.73 Å². The molecule has 0 aromatic heterocycles. The number of carbonyl (C=O) groups excluding carboxylic acids is 1. The summed E-state index contributed by atoms with van der Waals surface area (Å²) in [5, 5.41) is 9.76. The van der Waals surface area contributed by atoms with E-state index in [2.05, 4.69) is 0 Å². The predicted molar refractivity (Wildman–Crippen MR) is 73.5 cm³/mol. The molecule has 0 aliphatic carbocycles. The van der Waals surface area contributed by atoms with Gasteiger partial charge in [-0.05, 0) is 43.4 Å². The number of fused-ring (bicyclic) bond motifs is 2. The highest BCUT2D eigenvalue weighted by Gasteiger charge is 2.42. The van der Waals surface area contributed by atoms with Gasteiger partial charge in [-0.15, -0.1) is 0 Å². The van der Waals surface area contributed by atoms with Gasteiger partial charge in [0.15, 0.2) is 0 Å². The molecule has 0 saturated carbocycles. The van der Waals surface area contributed by atoms with Crippen LogP contribution in [0.5, 0.6) is 0 Å². The summed E-state index contributed by atoms with van der Waals surface area (Å²) in [5.74, 6) is 0.171. The lowest BCUT2D eigenvalue weighted by Gasteiger charge is -2.37. The van der Waals surface area contributed by atoms with Crippen LogP contribution in [-0.2, 0) is 11.2 Å². The van der Waals surface area contributed by atoms with E-state index in [0.717, 1.165) is 31.2 Å². The van der Waals surface area contributed by atoms with E-state index in [4.69, 9.17) is 5.73 Å². The summed E-state index contributed by atoms with van der Waals surface area (Å²) >= 11 is 0. The van der Waals surface area contributed by atoms with Crippen LogP contribution < -0.4 is 5.73 Å². The van der Waals surface area contributed by atoms with Gasteiger partial charge in [0.1, 0.15) is 0 Å². The number of carbonyl (C=O) groups is 1. The molecule has 2 aliphatic heterocycles. The molecule has 1 amide bonds. The van der Waals surface area contributed by atoms with Gasteiger partial charge in [-0.25, -0.2) is 0 Å². The maximum absolute atomic E-state index is 12.4. The lowest BCUT2D eigenvalue weighted by molar-refractivity contribution is -0.136. The first-order valence-corrected chi connectivity index (χ1v) is 6.97. The highest BCUT2D eigenvalue weighted by atomic mass is 16.3. The zero-order valence-corrected chi connectivity index (χ0v) is 11.0. The molecule has 2 fully saturated rings. The topological polar surface area (TPSA) is 66.6 Å². The van der Waals surface area contributed by atoms with E-state index >= 15 is 0 Å². The molecular formula is C15H20N2O2. The maximum atomic E-state index is 12.4. The van der Waals surface area contributed by atoms with Crippen LogP contribution in [0.4, 0.5) is 5.69 Å². The van der Waals surface area contributed by atoms with E-state index in [1.807, 2.05) is 29.2 Å². The molecule has 2 saturated heterocycles. The third kappa shape index (κ3) is 2.45. The molecule has 2 bridgehead atoms. The van der Waals surface area contributed by atoms with Gasteiger partial charge >= 0.3 is 0 Å². The van der Waals surface area contributed by atoms with Gasteiger partial charge in [-0.2, -0.15) is 0 Å². The van der Waals surface area contributed by atoms with Crippen molar-refractivity contribution in [2.45, 2.75) is 50.3 Å². The standard InChI is InChI=1S/C15H20N2O2/c16-11-3-1-2-10(6-11)7-15(19)17-12-4-5-13(17)9-14(18)8-12/h1-3,6,12-14,18H,4-5,7-9,16H2.